The molecule has 1 aromatic carbocycles. The first-order valence-corrected chi connectivity index (χ1v) is 5.57. The maximum atomic E-state index is 13.1. The van der Waals surface area contributed by atoms with Gasteiger partial charge in [0, 0.05) is 4.47 Å². The third-order valence-electron chi connectivity index (χ3n) is 2.28. The Labute approximate surface area is 110 Å². The Bertz CT molecular complexity index is 674. The van der Waals surface area contributed by atoms with Crippen LogP contribution in [0.15, 0.2) is 28.9 Å². The lowest BCUT2D eigenvalue weighted by atomic mass is 10.2. The fourth-order valence-corrected chi connectivity index (χ4v) is 1.80. The van der Waals surface area contributed by atoms with E-state index in [1.807, 2.05) is 0 Å². The molecule has 0 aliphatic carbocycles. The molecule has 0 radical (unpaired) electrons. The van der Waals surface area contributed by atoms with E-state index in [0.717, 1.165) is 10.7 Å². The van der Waals surface area contributed by atoms with Crippen molar-refractivity contribution in [2.75, 3.05) is 5.73 Å². The summed E-state index contributed by atoms with van der Waals surface area (Å²) >= 11 is 3.14. The Morgan fingerprint density at radius 3 is 2.89 bits per heavy atom. The van der Waals surface area contributed by atoms with Gasteiger partial charge in [0.15, 0.2) is 0 Å². The topological polar surface area (TPSA) is 84.7 Å². The highest BCUT2D eigenvalue weighted by atomic mass is 79.9. The van der Waals surface area contributed by atoms with Crippen molar-refractivity contribution in [1.29, 1.82) is 5.26 Å². The predicted octanol–water partition coefficient (Wildman–Crippen LogP) is 1.93. The number of rotatable bonds is 1. The molecule has 90 valence electrons. The van der Waals surface area contributed by atoms with Gasteiger partial charge in [0.2, 0.25) is 0 Å². The largest absolute Gasteiger partial charge is 0.382 e. The van der Waals surface area contributed by atoms with E-state index in [-0.39, 0.29) is 16.9 Å². The lowest BCUT2D eigenvalue weighted by Gasteiger charge is -2.05. The molecule has 2 aromatic rings. The molecule has 0 saturated heterocycles. The van der Waals surface area contributed by atoms with Gasteiger partial charge < -0.3 is 5.73 Å². The van der Waals surface area contributed by atoms with Crippen molar-refractivity contribution >= 4 is 27.7 Å². The van der Waals surface area contributed by atoms with E-state index in [1.165, 1.54) is 18.3 Å². The molecule has 0 atom stereocenters. The number of aromatic nitrogens is 2. The summed E-state index contributed by atoms with van der Waals surface area (Å²) in [4.78, 5) is 12.1. The van der Waals surface area contributed by atoms with Gasteiger partial charge in [-0.3, -0.25) is 4.79 Å². The van der Waals surface area contributed by atoms with Crippen LogP contribution in [-0.2, 0) is 0 Å². The van der Waals surface area contributed by atoms with Gasteiger partial charge in [0.25, 0.3) is 5.91 Å². The third kappa shape index (κ3) is 1.98. The number of nitriles is 1. The van der Waals surface area contributed by atoms with Gasteiger partial charge in [-0.25, -0.2) is 4.39 Å². The molecule has 1 aromatic heterocycles. The fraction of sp³-hybridized carbons (Fsp3) is 0. The lowest BCUT2D eigenvalue weighted by molar-refractivity contribution is 0.0946. The first-order valence-electron chi connectivity index (χ1n) is 4.78. The number of anilines is 1. The minimum Gasteiger partial charge on any atom is -0.382 e. The molecule has 7 heteroatoms. The summed E-state index contributed by atoms with van der Waals surface area (Å²) in [6.45, 7) is 0. The van der Waals surface area contributed by atoms with Crippen molar-refractivity contribution in [2.24, 2.45) is 0 Å². The summed E-state index contributed by atoms with van der Waals surface area (Å²) in [5.41, 5.74) is 5.76. The maximum Gasteiger partial charge on any atom is 0.281 e. The van der Waals surface area contributed by atoms with Crippen LogP contribution in [0, 0.1) is 17.1 Å². The smallest absolute Gasteiger partial charge is 0.281 e. The number of halogens is 2. The van der Waals surface area contributed by atoms with Crippen LogP contribution >= 0.6 is 15.9 Å². The average Bonchev–Trinajstić information content (AvgIpc) is 2.72. The zero-order chi connectivity index (χ0) is 13.3. The fourth-order valence-electron chi connectivity index (χ4n) is 1.38. The Hall–Kier alpha value is -2.20. The molecule has 18 heavy (non-hydrogen) atoms. The van der Waals surface area contributed by atoms with Gasteiger partial charge in [0.05, 0.1) is 11.8 Å². The summed E-state index contributed by atoms with van der Waals surface area (Å²) in [6.07, 6.45) is 1.18. The minimum absolute atomic E-state index is 0.0707. The molecule has 0 spiro atoms. The highest BCUT2D eigenvalue weighted by molar-refractivity contribution is 9.10. The number of nitrogen functional groups attached to an aromatic ring is 1. The molecular weight excluding hydrogens is 303 g/mol. The first-order chi connectivity index (χ1) is 8.54. The number of carbonyl (C=O) groups is 1. The van der Waals surface area contributed by atoms with Crippen LogP contribution < -0.4 is 5.73 Å². The van der Waals surface area contributed by atoms with E-state index in [9.17, 15) is 9.18 Å². The second kappa shape index (κ2) is 4.58. The highest BCUT2D eigenvalue weighted by Crippen LogP contribution is 2.20. The van der Waals surface area contributed by atoms with E-state index in [4.69, 9.17) is 11.0 Å². The van der Waals surface area contributed by atoms with Crippen LogP contribution in [-0.4, -0.2) is 15.7 Å². The molecule has 0 aliphatic rings. The molecule has 0 bridgehead atoms. The molecule has 2 N–H and O–H groups in total. The van der Waals surface area contributed by atoms with E-state index >= 15 is 0 Å². The van der Waals surface area contributed by atoms with Crippen LogP contribution in [0.4, 0.5) is 10.2 Å². The number of nitrogens with two attached hydrogens (primary N) is 1. The zero-order valence-electron chi connectivity index (χ0n) is 8.89. The van der Waals surface area contributed by atoms with Crippen molar-refractivity contribution < 1.29 is 9.18 Å². The van der Waals surface area contributed by atoms with Crippen LogP contribution in [0.5, 0.6) is 0 Å². The molecule has 0 unspecified atom stereocenters. The predicted molar refractivity (Wildman–Crippen MR) is 65.2 cm³/mol. The third-order valence-corrected chi connectivity index (χ3v) is 2.97. The Kier molecular flexibility index (Phi) is 3.12. The summed E-state index contributed by atoms with van der Waals surface area (Å²) in [7, 11) is 0. The van der Waals surface area contributed by atoms with Crippen LogP contribution in [0.3, 0.4) is 0 Å². The summed E-state index contributed by atoms with van der Waals surface area (Å²) in [6, 6.07) is 5.50. The monoisotopic (exact) mass is 308 g/mol. The van der Waals surface area contributed by atoms with Crippen LogP contribution in [0.25, 0.3) is 0 Å². The normalized spacial score (nSPS) is 10.1. The van der Waals surface area contributed by atoms with E-state index in [1.54, 1.807) is 6.07 Å². The van der Waals surface area contributed by atoms with Crippen LogP contribution in [0.2, 0.25) is 0 Å². The number of hydrogen-bond donors (Lipinski definition) is 1. The van der Waals surface area contributed by atoms with Crippen LogP contribution in [0.1, 0.15) is 15.9 Å². The first kappa shape index (κ1) is 12.3. The molecule has 5 nitrogen and oxygen atoms in total. The number of carbonyl (C=O) groups excluding carboxylic acids is 1. The van der Waals surface area contributed by atoms with Gasteiger partial charge in [-0.2, -0.15) is 15.0 Å². The summed E-state index contributed by atoms with van der Waals surface area (Å²) < 4.78 is 14.4. The quantitative estimate of drug-likeness (QED) is 0.872. The van der Waals surface area contributed by atoms with Gasteiger partial charge >= 0.3 is 0 Å². The highest BCUT2D eigenvalue weighted by Gasteiger charge is 2.18. The molecule has 0 aliphatic heterocycles. The van der Waals surface area contributed by atoms with Gasteiger partial charge in [0.1, 0.15) is 23.3 Å². The van der Waals surface area contributed by atoms with E-state index in [2.05, 4.69) is 21.0 Å². The molecule has 1 heterocycles. The Morgan fingerprint density at radius 1 is 1.56 bits per heavy atom. The second-order valence-corrected chi connectivity index (χ2v) is 4.25. The Morgan fingerprint density at radius 2 is 2.28 bits per heavy atom. The van der Waals surface area contributed by atoms with Gasteiger partial charge in [-0.15, -0.1) is 0 Å². The number of hydrogen-bond acceptors (Lipinski definition) is 4. The number of benzene rings is 1. The molecular formula is C11H6BrFN4O. The molecule has 0 fully saturated rings. The minimum atomic E-state index is -0.611. The maximum absolute atomic E-state index is 13.1. The standard InChI is InChI=1S/C11H6BrFN4O/c12-9-2-1-7(13)3-8(9)11(18)17-10(15)6(4-14)5-16-17/h1-3,5H,15H2. The summed E-state index contributed by atoms with van der Waals surface area (Å²) in [5, 5.41) is 12.4. The second-order valence-electron chi connectivity index (χ2n) is 3.40. The average molecular weight is 309 g/mol. The molecule has 0 amide bonds. The zero-order valence-corrected chi connectivity index (χ0v) is 10.5. The van der Waals surface area contributed by atoms with E-state index in [0.29, 0.717) is 4.47 Å². The van der Waals surface area contributed by atoms with Crippen molar-refractivity contribution in [2.45, 2.75) is 0 Å². The number of nitrogens with zero attached hydrogens (tertiary/aromatic N) is 3. The SMILES string of the molecule is N#Cc1cnn(C(=O)c2cc(F)ccc2Br)c1N. The van der Waals surface area contributed by atoms with Gasteiger partial charge in [-0.05, 0) is 34.1 Å². The lowest BCUT2D eigenvalue weighted by Crippen LogP contribution is -2.17. The van der Waals surface area contributed by atoms with Gasteiger partial charge in [-0.1, -0.05) is 0 Å². The summed E-state index contributed by atoms with van der Waals surface area (Å²) in [5.74, 6) is -1.23. The van der Waals surface area contributed by atoms with Crippen molar-refractivity contribution in [3.8, 4) is 6.07 Å². The molecule has 2 rings (SSSR count). The Balaban J connectivity index is 2.52. The van der Waals surface area contributed by atoms with E-state index < -0.39 is 11.7 Å². The van der Waals surface area contributed by atoms with Crippen molar-refractivity contribution in [3.05, 3.63) is 45.8 Å². The molecule has 0 saturated carbocycles. The van der Waals surface area contributed by atoms with Crippen molar-refractivity contribution in [1.82, 2.24) is 9.78 Å². The van der Waals surface area contributed by atoms with Crippen molar-refractivity contribution in [3.63, 3.8) is 0 Å².